The van der Waals surface area contributed by atoms with Gasteiger partial charge < -0.3 is 19.3 Å². The van der Waals surface area contributed by atoms with Crippen LogP contribution in [0.4, 0.5) is 4.39 Å². The highest BCUT2D eigenvalue weighted by atomic mass is 35.5. The molecule has 2 fully saturated rings. The second-order valence-corrected chi connectivity index (χ2v) is 9.61. The first-order valence-electron chi connectivity index (χ1n) is 11.3. The van der Waals surface area contributed by atoms with Crippen molar-refractivity contribution in [3.05, 3.63) is 58.5 Å². The molecule has 0 N–H and O–H groups in total. The van der Waals surface area contributed by atoms with Crippen molar-refractivity contribution in [2.24, 2.45) is 5.41 Å². The van der Waals surface area contributed by atoms with Crippen LogP contribution in [0.2, 0.25) is 5.02 Å². The molecule has 3 rings (SSSR count). The number of carbonyl (C=O) groups excluding carboxylic acids is 2. The minimum absolute atomic E-state index is 0.131. The van der Waals surface area contributed by atoms with Crippen LogP contribution < -0.4 is 4.74 Å². The number of ether oxygens (including phenoxy) is 1. The minimum Gasteiger partial charge on any atom is -0.490 e. The first-order chi connectivity index (χ1) is 15.9. The summed E-state index contributed by atoms with van der Waals surface area (Å²) in [7, 11) is 3.83. The van der Waals surface area contributed by atoms with Crippen molar-refractivity contribution in [2.45, 2.75) is 38.2 Å². The fourth-order valence-electron chi connectivity index (χ4n) is 4.74. The van der Waals surface area contributed by atoms with Gasteiger partial charge in [-0.25, -0.2) is 4.39 Å². The van der Waals surface area contributed by atoms with E-state index in [1.165, 1.54) is 6.08 Å². The maximum Gasteiger partial charge on any atom is 0.152 e. The van der Waals surface area contributed by atoms with E-state index >= 15 is 0 Å². The summed E-state index contributed by atoms with van der Waals surface area (Å²) in [6, 6.07) is 3.55. The second kappa shape index (κ2) is 11.6. The van der Waals surface area contributed by atoms with E-state index in [0.29, 0.717) is 40.1 Å². The van der Waals surface area contributed by atoms with Crippen molar-refractivity contribution in [1.29, 1.82) is 0 Å². The lowest BCUT2D eigenvalue weighted by Gasteiger charge is -2.58. The van der Waals surface area contributed by atoms with E-state index in [-0.39, 0.29) is 6.10 Å². The standard InChI is InChI=1S/C26H32ClFN2O3/c1-29(2)13-10-22-23(17-32)24(27)7-8-25(22)33-21-15-26(16-21)18-30(19-26)12-3-5-20(9-11-28)6-4-14-31/h6-11,13-14,17,21H,3-5,12,15-16,18-19H2,1-2H3/b11-9-,13-10-,20-6-. The summed E-state index contributed by atoms with van der Waals surface area (Å²) >= 11 is 6.22. The lowest BCUT2D eigenvalue weighted by molar-refractivity contribution is -0.119. The van der Waals surface area contributed by atoms with Gasteiger partial charge in [0.2, 0.25) is 0 Å². The van der Waals surface area contributed by atoms with Gasteiger partial charge in [0.05, 0.1) is 17.5 Å². The normalized spacial score (nSPS) is 18.5. The summed E-state index contributed by atoms with van der Waals surface area (Å²) in [5.41, 5.74) is 2.34. The molecule has 1 saturated heterocycles. The second-order valence-electron chi connectivity index (χ2n) is 9.21. The number of rotatable bonds is 12. The Morgan fingerprint density at radius 2 is 2.03 bits per heavy atom. The van der Waals surface area contributed by atoms with Crippen LogP contribution in [0, 0.1) is 5.41 Å². The molecule has 0 bridgehead atoms. The van der Waals surface area contributed by atoms with Crippen LogP contribution in [0.25, 0.3) is 6.08 Å². The predicted molar refractivity (Wildman–Crippen MR) is 130 cm³/mol. The number of hydrogen-bond donors (Lipinski definition) is 0. The van der Waals surface area contributed by atoms with Gasteiger partial charge in [0, 0.05) is 50.1 Å². The molecule has 178 valence electrons. The van der Waals surface area contributed by atoms with Gasteiger partial charge in [0.1, 0.15) is 12.0 Å². The molecule has 0 radical (unpaired) electrons. The van der Waals surface area contributed by atoms with E-state index in [0.717, 1.165) is 63.5 Å². The first-order valence-corrected chi connectivity index (χ1v) is 11.7. The molecule has 0 unspecified atom stereocenters. The molecule has 1 heterocycles. The maximum atomic E-state index is 12.5. The number of allylic oxidation sites excluding steroid dienone is 3. The van der Waals surface area contributed by atoms with Crippen LogP contribution in [0.3, 0.4) is 0 Å². The smallest absolute Gasteiger partial charge is 0.152 e. The highest BCUT2D eigenvalue weighted by Gasteiger charge is 2.53. The average Bonchev–Trinajstić information content (AvgIpc) is 2.73. The number of hydrogen-bond acceptors (Lipinski definition) is 5. The van der Waals surface area contributed by atoms with Crippen molar-refractivity contribution in [1.82, 2.24) is 9.80 Å². The van der Waals surface area contributed by atoms with Gasteiger partial charge in [-0.15, -0.1) is 0 Å². The fraction of sp³-hybridized carbons (Fsp3) is 0.462. The largest absolute Gasteiger partial charge is 0.490 e. The molecule has 1 aliphatic carbocycles. The Labute approximate surface area is 200 Å². The lowest BCUT2D eigenvalue weighted by atomic mass is 9.61. The van der Waals surface area contributed by atoms with Gasteiger partial charge in [0.25, 0.3) is 0 Å². The minimum atomic E-state index is 0.131. The Morgan fingerprint density at radius 3 is 2.67 bits per heavy atom. The molecule has 7 heteroatoms. The molecule has 1 spiro atoms. The van der Waals surface area contributed by atoms with Gasteiger partial charge in [-0.3, -0.25) is 4.79 Å². The summed E-state index contributed by atoms with van der Waals surface area (Å²) in [5.74, 6) is 0.686. The molecule has 33 heavy (non-hydrogen) atoms. The van der Waals surface area contributed by atoms with Crippen LogP contribution in [-0.2, 0) is 4.79 Å². The number of aldehydes is 2. The zero-order valence-electron chi connectivity index (χ0n) is 19.3. The topological polar surface area (TPSA) is 49.9 Å². The van der Waals surface area contributed by atoms with Crippen LogP contribution in [-0.4, -0.2) is 62.2 Å². The third-order valence-electron chi connectivity index (χ3n) is 6.28. The van der Waals surface area contributed by atoms with Crippen molar-refractivity contribution in [2.75, 3.05) is 33.7 Å². The zero-order chi connectivity index (χ0) is 23.8. The van der Waals surface area contributed by atoms with Crippen LogP contribution in [0.1, 0.15) is 48.0 Å². The van der Waals surface area contributed by atoms with E-state index in [2.05, 4.69) is 4.90 Å². The van der Waals surface area contributed by atoms with Crippen molar-refractivity contribution < 1.29 is 18.7 Å². The lowest BCUT2D eigenvalue weighted by Crippen LogP contribution is -2.64. The van der Waals surface area contributed by atoms with E-state index in [1.54, 1.807) is 12.1 Å². The number of likely N-dealkylation sites (tertiary alicyclic amines) is 1. The molecule has 5 nitrogen and oxygen atoms in total. The van der Waals surface area contributed by atoms with Gasteiger partial charge >= 0.3 is 0 Å². The molecule has 1 aromatic rings. The van der Waals surface area contributed by atoms with Gasteiger partial charge in [-0.05, 0) is 68.3 Å². The first kappa shape index (κ1) is 25.2. The Bertz CT molecular complexity index is 928. The molecule has 0 aromatic heterocycles. The predicted octanol–water partition coefficient (Wildman–Crippen LogP) is 5.31. The van der Waals surface area contributed by atoms with Crippen LogP contribution >= 0.6 is 11.6 Å². The monoisotopic (exact) mass is 474 g/mol. The molecule has 1 aromatic carbocycles. The number of halogens is 2. The van der Waals surface area contributed by atoms with Gasteiger partial charge in [-0.2, -0.15) is 0 Å². The molecule has 0 amide bonds. The third kappa shape index (κ3) is 6.55. The van der Waals surface area contributed by atoms with Crippen LogP contribution in [0.5, 0.6) is 5.75 Å². The zero-order valence-corrected chi connectivity index (χ0v) is 20.1. The Balaban J connectivity index is 1.48. The summed E-state index contributed by atoms with van der Waals surface area (Å²) < 4.78 is 18.8. The van der Waals surface area contributed by atoms with E-state index in [4.69, 9.17) is 16.3 Å². The van der Waals surface area contributed by atoms with Crippen molar-refractivity contribution >= 4 is 30.2 Å². The summed E-state index contributed by atoms with van der Waals surface area (Å²) in [6.45, 7) is 3.06. The summed E-state index contributed by atoms with van der Waals surface area (Å²) in [5, 5.41) is 0.418. The van der Waals surface area contributed by atoms with Gasteiger partial charge in [-0.1, -0.05) is 17.7 Å². The SMILES string of the molecule is CN(C)/C=C\c1c(OC2CC3(C2)CN(CCCC(/C=C\F)=C/CC=O)C3)ccc(Cl)c1C=O. The van der Waals surface area contributed by atoms with E-state index < -0.39 is 0 Å². The molecule has 1 saturated carbocycles. The van der Waals surface area contributed by atoms with Crippen molar-refractivity contribution in [3.8, 4) is 5.75 Å². The number of nitrogens with zero attached hydrogens (tertiary/aromatic N) is 2. The molecular weight excluding hydrogens is 443 g/mol. The highest BCUT2D eigenvalue weighted by molar-refractivity contribution is 6.33. The Kier molecular flexibility index (Phi) is 8.87. The average molecular weight is 475 g/mol. The number of benzene rings is 1. The summed E-state index contributed by atoms with van der Waals surface area (Å²) in [4.78, 5) is 26.4. The molecule has 1 aliphatic heterocycles. The Morgan fingerprint density at radius 1 is 1.27 bits per heavy atom. The fourth-order valence-corrected chi connectivity index (χ4v) is 4.95. The molecular formula is C26H32ClFN2O3. The van der Waals surface area contributed by atoms with E-state index in [9.17, 15) is 14.0 Å². The Hall–Kier alpha value is -2.44. The van der Waals surface area contributed by atoms with E-state index in [1.807, 2.05) is 37.3 Å². The maximum absolute atomic E-state index is 12.5. The molecule has 2 aliphatic rings. The van der Waals surface area contributed by atoms with Gasteiger partial charge in [0.15, 0.2) is 6.29 Å². The highest BCUT2D eigenvalue weighted by Crippen LogP contribution is 2.50. The third-order valence-corrected chi connectivity index (χ3v) is 6.61. The van der Waals surface area contributed by atoms with Crippen molar-refractivity contribution in [3.63, 3.8) is 0 Å². The van der Waals surface area contributed by atoms with Crippen LogP contribution in [0.15, 0.2) is 42.4 Å². The summed E-state index contributed by atoms with van der Waals surface area (Å²) in [6.07, 6.45) is 13.2. The molecule has 0 atom stereocenters. The quantitative estimate of drug-likeness (QED) is 0.303. The number of carbonyl (C=O) groups is 2.